The summed E-state index contributed by atoms with van der Waals surface area (Å²) < 4.78 is 22.1. The third-order valence-electron chi connectivity index (χ3n) is 6.23. The average Bonchev–Trinajstić information content (AvgIpc) is 3.24. The Morgan fingerprint density at radius 1 is 1.18 bits per heavy atom. The Balaban J connectivity index is 1.71. The van der Waals surface area contributed by atoms with Gasteiger partial charge >= 0.3 is 6.09 Å². The lowest BCUT2D eigenvalue weighted by molar-refractivity contribution is 0.189. The lowest BCUT2D eigenvalue weighted by Crippen LogP contribution is -2.39. The van der Waals surface area contributed by atoms with Crippen LogP contribution in [0.15, 0.2) is 48.5 Å². The first-order chi connectivity index (χ1) is 18.6. The van der Waals surface area contributed by atoms with E-state index >= 15 is 4.39 Å². The lowest BCUT2D eigenvalue weighted by Gasteiger charge is -2.26. The van der Waals surface area contributed by atoms with E-state index in [9.17, 15) is 15.2 Å². The second kappa shape index (κ2) is 11.1. The number of hydrogen-bond donors (Lipinski definition) is 4. The number of carbonyl (C=O) groups is 1. The van der Waals surface area contributed by atoms with Crippen LogP contribution in [0.5, 0.6) is 5.75 Å². The van der Waals surface area contributed by atoms with E-state index in [0.29, 0.717) is 17.0 Å². The van der Waals surface area contributed by atoms with Gasteiger partial charge in [-0.2, -0.15) is 10.4 Å². The third kappa shape index (κ3) is 5.77. The van der Waals surface area contributed by atoms with Crippen LogP contribution < -0.4 is 25.6 Å². The number of nitriles is 1. The van der Waals surface area contributed by atoms with Crippen molar-refractivity contribution in [2.75, 3.05) is 36.7 Å². The summed E-state index contributed by atoms with van der Waals surface area (Å²) in [5.74, 6) is 0.633. The van der Waals surface area contributed by atoms with Crippen molar-refractivity contribution in [3.05, 3.63) is 65.5 Å². The Kier molecular flexibility index (Phi) is 7.71. The molecule has 0 spiro atoms. The molecular formula is C27H29FN8O3. The molecule has 11 nitrogen and oxygen atoms in total. The number of ether oxygens (including phenoxy) is 1. The average molecular weight is 533 g/mol. The quantitative estimate of drug-likeness (QED) is 0.243. The minimum Gasteiger partial charge on any atom is -0.497 e. The van der Waals surface area contributed by atoms with Crippen LogP contribution in [0.4, 0.5) is 32.3 Å². The molecule has 4 rings (SSSR count). The molecule has 2 heterocycles. The van der Waals surface area contributed by atoms with Crippen molar-refractivity contribution < 1.29 is 19.0 Å². The van der Waals surface area contributed by atoms with Gasteiger partial charge in [0.25, 0.3) is 0 Å². The van der Waals surface area contributed by atoms with Gasteiger partial charge < -0.3 is 30.7 Å². The first kappa shape index (κ1) is 27.0. The highest BCUT2D eigenvalue weighted by atomic mass is 19.1. The second-order valence-electron chi connectivity index (χ2n) is 9.16. The maximum Gasteiger partial charge on any atom is 0.404 e. The number of nitrogens with zero attached hydrogens (tertiary/aromatic N) is 5. The van der Waals surface area contributed by atoms with Gasteiger partial charge in [0.15, 0.2) is 23.3 Å². The fourth-order valence-corrected chi connectivity index (χ4v) is 4.30. The highest BCUT2D eigenvalue weighted by Gasteiger charge is 2.24. The summed E-state index contributed by atoms with van der Waals surface area (Å²) in [6.45, 7) is 1.65. The molecule has 2 aromatic carbocycles. The minimum atomic E-state index is -1.22. The molecular weight excluding hydrogens is 503 g/mol. The van der Waals surface area contributed by atoms with Crippen LogP contribution in [0.1, 0.15) is 24.1 Å². The molecule has 0 saturated carbocycles. The molecule has 12 heteroatoms. The molecule has 4 N–H and O–H groups in total. The Morgan fingerprint density at radius 3 is 2.51 bits per heavy atom. The van der Waals surface area contributed by atoms with E-state index in [1.165, 1.54) is 7.11 Å². The zero-order chi connectivity index (χ0) is 28.3. The minimum absolute atomic E-state index is 0.00914. The van der Waals surface area contributed by atoms with Crippen molar-refractivity contribution in [2.24, 2.45) is 7.05 Å². The predicted molar refractivity (Wildman–Crippen MR) is 147 cm³/mol. The van der Waals surface area contributed by atoms with Gasteiger partial charge in [0, 0.05) is 32.2 Å². The van der Waals surface area contributed by atoms with Crippen molar-refractivity contribution >= 4 is 40.1 Å². The van der Waals surface area contributed by atoms with Crippen molar-refractivity contribution in [2.45, 2.75) is 19.0 Å². The molecule has 2 atom stereocenters. The number of carboxylic acid groups (broad SMARTS) is 1. The van der Waals surface area contributed by atoms with E-state index in [4.69, 9.17) is 4.74 Å². The lowest BCUT2D eigenvalue weighted by atomic mass is 10.00. The smallest absolute Gasteiger partial charge is 0.404 e. The summed E-state index contributed by atoms with van der Waals surface area (Å²) >= 11 is 0. The number of benzene rings is 2. The Hall–Kier alpha value is -5.05. The van der Waals surface area contributed by atoms with Crippen molar-refractivity contribution in [3.8, 4) is 11.8 Å². The molecule has 0 saturated heterocycles. The fraction of sp³-hybridized carbons (Fsp3) is 0.259. The molecule has 0 fully saturated rings. The molecule has 0 aliphatic heterocycles. The number of fused-ring (bicyclic) bond motifs is 1. The molecule has 0 aliphatic rings. The number of nitrogens with one attached hydrogen (secondary N) is 3. The first-order valence-electron chi connectivity index (χ1n) is 12.0. The van der Waals surface area contributed by atoms with Gasteiger partial charge in [-0.1, -0.05) is 12.1 Å². The fourth-order valence-electron chi connectivity index (χ4n) is 4.30. The Bertz CT molecular complexity index is 1550. The maximum absolute atomic E-state index is 15.2. The second-order valence-corrected chi connectivity index (χ2v) is 9.16. The molecule has 39 heavy (non-hydrogen) atoms. The summed E-state index contributed by atoms with van der Waals surface area (Å²) in [6, 6.07) is 14.3. The number of aryl methyl sites for hydroxylation is 1. The van der Waals surface area contributed by atoms with E-state index in [1.807, 2.05) is 50.3 Å². The number of rotatable bonds is 9. The highest BCUT2D eigenvalue weighted by Crippen LogP contribution is 2.31. The van der Waals surface area contributed by atoms with Gasteiger partial charge in [-0.25, -0.2) is 14.2 Å². The molecule has 1 amide bonds. The van der Waals surface area contributed by atoms with Gasteiger partial charge in [-0.05, 0) is 48.9 Å². The summed E-state index contributed by atoms with van der Waals surface area (Å²) in [6.07, 6.45) is -1.22. The zero-order valence-electron chi connectivity index (χ0n) is 22.2. The topological polar surface area (TPSA) is 140 Å². The van der Waals surface area contributed by atoms with E-state index in [-0.39, 0.29) is 17.2 Å². The molecule has 2 aromatic heterocycles. The van der Waals surface area contributed by atoms with E-state index in [2.05, 4.69) is 26.0 Å². The highest BCUT2D eigenvalue weighted by molar-refractivity contribution is 5.93. The number of anilines is 4. The molecule has 0 bridgehead atoms. The molecule has 202 valence electrons. The van der Waals surface area contributed by atoms with Gasteiger partial charge in [0.1, 0.15) is 11.8 Å². The number of aromatic nitrogens is 3. The van der Waals surface area contributed by atoms with E-state index in [0.717, 1.165) is 22.8 Å². The third-order valence-corrected chi connectivity index (χ3v) is 6.23. The number of hydrogen-bond acceptors (Lipinski definition) is 8. The van der Waals surface area contributed by atoms with Gasteiger partial charge in [0.2, 0.25) is 0 Å². The monoisotopic (exact) mass is 532 g/mol. The van der Waals surface area contributed by atoms with Gasteiger partial charge in [0.05, 0.1) is 30.3 Å². The van der Waals surface area contributed by atoms with Crippen molar-refractivity contribution in [3.63, 3.8) is 0 Å². The summed E-state index contributed by atoms with van der Waals surface area (Å²) in [5.41, 5.74) is 2.24. The van der Waals surface area contributed by atoms with Gasteiger partial charge in [-0.15, -0.1) is 0 Å². The zero-order valence-corrected chi connectivity index (χ0v) is 22.2. The van der Waals surface area contributed by atoms with Crippen LogP contribution in [0.2, 0.25) is 0 Å². The van der Waals surface area contributed by atoms with Crippen LogP contribution in [-0.4, -0.2) is 53.2 Å². The molecule has 0 unspecified atom stereocenters. The predicted octanol–water partition coefficient (Wildman–Crippen LogP) is 4.61. The first-order valence-corrected chi connectivity index (χ1v) is 12.0. The number of pyridine rings is 1. The van der Waals surface area contributed by atoms with Crippen LogP contribution in [0.25, 0.3) is 10.9 Å². The summed E-state index contributed by atoms with van der Waals surface area (Å²) in [4.78, 5) is 17.7. The SMILES string of the molecule is COc1ccc([C@@H](Nc2nc(Nc3ccc4c(c3)c(N(C)C)nn4C)c(C#N)cc2F)[C@H](C)NC(=O)O)cc1. The van der Waals surface area contributed by atoms with Crippen molar-refractivity contribution in [1.82, 2.24) is 20.1 Å². The molecule has 0 radical (unpaired) electrons. The van der Waals surface area contributed by atoms with E-state index < -0.39 is 24.0 Å². The maximum atomic E-state index is 15.2. The van der Waals surface area contributed by atoms with Crippen LogP contribution in [-0.2, 0) is 7.05 Å². The number of methoxy groups -OCH3 is 1. The normalized spacial score (nSPS) is 12.3. The Labute approximate surface area is 224 Å². The number of amides is 1. The molecule has 0 aliphatic carbocycles. The summed E-state index contributed by atoms with van der Waals surface area (Å²) in [5, 5.41) is 32.9. The standard InChI is InChI=1S/C27H29FN8O3/c1-15(30-27(37)38)23(16-6-9-19(39-5)10-7-16)32-25-21(28)12-17(14-29)24(33-25)31-18-8-11-22-20(13-18)26(35(2)3)34-36(22)4/h6-13,15,23,30H,1-5H3,(H,37,38)(H2,31,32,33)/t15-,23-/m0/s1. The van der Waals surface area contributed by atoms with Crippen LogP contribution in [0.3, 0.4) is 0 Å². The van der Waals surface area contributed by atoms with Crippen molar-refractivity contribution in [1.29, 1.82) is 5.26 Å². The van der Waals surface area contributed by atoms with Crippen LogP contribution in [0, 0.1) is 17.1 Å². The molecule has 4 aromatic rings. The number of halogens is 1. The largest absolute Gasteiger partial charge is 0.497 e. The summed E-state index contributed by atoms with van der Waals surface area (Å²) in [7, 11) is 7.19. The van der Waals surface area contributed by atoms with Gasteiger partial charge in [-0.3, -0.25) is 4.68 Å². The van der Waals surface area contributed by atoms with Crippen LogP contribution >= 0.6 is 0 Å². The Morgan fingerprint density at radius 2 is 1.90 bits per heavy atom. The van der Waals surface area contributed by atoms with E-state index in [1.54, 1.807) is 35.9 Å².